The average Bonchev–Trinajstić information content (AvgIpc) is 3.15. The maximum atomic E-state index is 12.9. The van der Waals surface area contributed by atoms with E-state index in [1.54, 1.807) is 20.8 Å². The number of nitrogens with zero attached hydrogens (tertiary/aromatic N) is 3. The van der Waals surface area contributed by atoms with E-state index in [9.17, 15) is 9.18 Å². The van der Waals surface area contributed by atoms with Gasteiger partial charge >= 0.3 is 5.97 Å². The van der Waals surface area contributed by atoms with Gasteiger partial charge in [0.2, 0.25) is 5.89 Å². The second kappa shape index (κ2) is 6.23. The Hall–Kier alpha value is -3.03. The number of rotatable bonds is 4. The predicted molar refractivity (Wildman–Crippen MR) is 79.5 cm³/mol. The Balaban J connectivity index is 1.75. The maximum absolute atomic E-state index is 12.9. The van der Waals surface area contributed by atoms with Gasteiger partial charge in [0.25, 0.3) is 5.89 Å². The van der Waals surface area contributed by atoms with Crippen LogP contribution in [0.4, 0.5) is 4.39 Å². The fourth-order valence-corrected chi connectivity index (χ4v) is 2.15. The lowest BCUT2D eigenvalue weighted by Gasteiger charge is -2.08. The molecule has 0 saturated carbocycles. The van der Waals surface area contributed by atoms with Crippen LogP contribution in [0.1, 0.15) is 40.7 Å². The summed E-state index contributed by atoms with van der Waals surface area (Å²) >= 11 is 0. The number of aryl methyl sites for hydroxylation is 2. The van der Waals surface area contributed by atoms with Crippen molar-refractivity contribution < 1.29 is 22.9 Å². The molecule has 0 spiro atoms. The van der Waals surface area contributed by atoms with Gasteiger partial charge in [-0.2, -0.15) is 0 Å². The second-order valence-electron chi connectivity index (χ2n) is 5.20. The van der Waals surface area contributed by atoms with Crippen LogP contribution in [0.25, 0.3) is 11.5 Å². The molecule has 3 aromatic rings. The summed E-state index contributed by atoms with van der Waals surface area (Å²) in [6, 6.07) is 5.63. The third-order valence-corrected chi connectivity index (χ3v) is 3.40. The molecule has 7 nitrogen and oxygen atoms in total. The summed E-state index contributed by atoms with van der Waals surface area (Å²) in [5, 5.41) is 11.5. The lowest BCUT2D eigenvalue weighted by atomic mass is 10.2. The first-order chi connectivity index (χ1) is 11.5. The number of carbonyl (C=O) groups is 1. The van der Waals surface area contributed by atoms with Crippen LogP contribution in [0.5, 0.6) is 0 Å². The van der Waals surface area contributed by atoms with Crippen molar-refractivity contribution in [1.29, 1.82) is 0 Å². The SMILES string of the molecule is Cc1noc(C)c1C(=O)O[C@@H](C)c1nnc(-c2ccc(F)cc2)o1. The van der Waals surface area contributed by atoms with Crippen LogP contribution >= 0.6 is 0 Å². The van der Waals surface area contributed by atoms with Gasteiger partial charge in [-0.15, -0.1) is 10.2 Å². The minimum absolute atomic E-state index is 0.134. The van der Waals surface area contributed by atoms with E-state index in [-0.39, 0.29) is 23.2 Å². The molecule has 0 unspecified atom stereocenters. The normalized spacial score (nSPS) is 12.2. The number of halogens is 1. The number of hydrogen-bond acceptors (Lipinski definition) is 7. The number of carbonyl (C=O) groups excluding carboxylic acids is 1. The molecule has 124 valence electrons. The van der Waals surface area contributed by atoms with Crippen LogP contribution in [0.15, 0.2) is 33.2 Å². The molecule has 0 bridgehead atoms. The molecule has 0 fully saturated rings. The zero-order valence-corrected chi connectivity index (χ0v) is 13.2. The number of aromatic nitrogens is 3. The first kappa shape index (κ1) is 15.9. The van der Waals surface area contributed by atoms with Crippen LogP contribution in [0, 0.1) is 19.7 Å². The van der Waals surface area contributed by atoms with E-state index in [1.807, 2.05) is 0 Å². The summed E-state index contributed by atoms with van der Waals surface area (Å²) in [4.78, 5) is 12.2. The average molecular weight is 331 g/mol. The standard InChI is InChI=1S/C16H14FN3O4/c1-8-13(9(2)24-20-8)16(21)22-10(3)14-18-19-15(23-14)11-4-6-12(17)7-5-11/h4-7,10H,1-3H3/t10-/m0/s1. The van der Waals surface area contributed by atoms with E-state index >= 15 is 0 Å². The lowest BCUT2D eigenvalue weighted by Crippen LogP contribution is -2.11. The molecule has 0 radical (unpaired) electrons. The third-order valence-electron chi connectivity index (χ3n) is 3.40. The van der Waals surface area contributed by atoms with E-state index in [0.717, 1.165) is 0 Å². The zero-order valence-electron chi connectivity index (χ0n) is 13.2. The summed E-state index contributed by atoms with van der Waals surface area (Å²) < 4.78 is 28.7. The van der Waals surface area contributed by atoms with Crippen molar-refractivity contribution in [3.63, 3.8) is 0 Å². The Morgan fingerprint density at radius 1 is 1.21 bits per heavy atom. The zero-order chi connectivity index (χ0) is 17.3. The highest BCUT2D eigenvalue weighted by Crippen LogP contribution is 2.24. The number of esters is 1. The molecule has 1 atom stereocenters. The summed E-state index contributed by atoms with van der Waals surface area (Å²) in [5.41, 5.74) is 1.29. The summed E-state index contributed by atoms with van der Waals surface area (Å²) in [5.74, 6) is -0.220. The van der Waals surface area contributed by atoms with Crippen molar-refractivity contribution in [2.45, 2.75) is 26.9 Å². The van der Waals surface area contributed by atoms with Crippen molar-refractivity contribution in [3.05, 3.63) is 53.0 Å². The molecule has 2 heterocycles. The third kappa shape index (κ3) is 3.03. The van der Waals surface area contributed by atoms with Gasteiger partial charge in [-0.1, -0.05) is 5.16 Å². The summed E-state index contributed by atoms with van der Waals surface area (Å²) in [6.45, 7) is 4.88. The first-order valence-corrected chi connectivity index (χ1v) is 7.19. The topological polar surface area (TPSA) is 91.2 Å². The molecular weight excluding hydrogens is 317 g/mol. The molecule has 24 heavy (non-hydrogen) atoms. The number of benzene rings is 1. The highest BCUT2D eigenvalue weighted by Gasteiger charge is 2.24. The minimum Gasteiger partial charge on any atom is -0.449 e. The molecule has 3 rings (SSSR count). The van der Waals surface area contributed by atoms with Crippen molar-refractivity contribution in [2.24, 2.45) is 0 Å². The first-order valence-electron chi connectivity index (χ1n) is 7.19. The van der Waals surface area contributed by atoms with Gasteiger partial charge in [0.05, 0.1) is 5.69 Å². The molecule has 8 heteroatoms. The monoisotopic (exact) mass is 331 g/mol. The van der Waals surface area contributed by atoms with Crippen molar-refractivity contribution in [3.8, 4) is 11.5 Å². The van der Waals surface area contributed by atoms with Gasteiger partial charge in [-0.25, -0.2) is 9.18 Å². The molecule has 0 amide bonds. The predicted octanol–water partition coefficient (Wildman–Crippen LogP) is 3.40. The molecule has 0 aliphatic carbocycles. The Morgan fingerprint density at radius 3 is 2.54 bits per heavy atom. The molecule has 0 aliphatic rings. The fraction of sp³-hybridized carbons (Fsp3) is 0.250. The highest BCUT2D eigenvalue weighted by atomic mass is 19.1. The number of ether oxygens (including phenoxy) is 1. The minimum atomic E-state index is -0.757. The van der Waals surface area contributed by atoms with Crippen LogP contribution in [0.2, 0.25) is 0 Å². The van der Waals surface area contributed by atoms with E-state index in [2.05, 4.69) is 15.4 Å². The Morgan fingerprint density at radius 2 is 1.92 bits per heavy atom. The Labute approximate surface area is 136 Å². The lowest BCUT2D eigenvalue weighted by molar-refractivity contribution is 0.0277. The van der Waals surface area contributed by atoms with Crippen LogP contribution in [-0.4, -0.2) is 21.3 Å². The van der Waals surface area contributed by atoms with E-state index < -0.39 is 12.1 Å². The van der Waals surface area contributed by atoms with E-state index in [1.165, 1.54) is 24.3 Å². The largest absolute Gasteiger partial charge is 0.449 e. The van der Waals surface area contributed by atoms with Gasteiger partial charge in [-0.05, 0) is 45.0 Å². The summed E-state index contributed by atoms with van der Waals surface area (Å²) in [7, 11) is 0. The molecule has 0 saturated heterocycles. The van der Waals surface area contributed by atoms with Crippen LogP contribution in [0.3, 0.4) is 0 Å². The second-order valence-corrected chi connectivity index (χ2v) is 5.20. The Bertz CT molecular complexity index is 850. The molecular formula is C16H14FN3O4. The van der Waals surface area contributed by atoms with E-state index in [4.69, 9.17) is 13.7 Å². The number of hydrogen-bond donors (Lipinski definition) is 0. The molecule has 0 aliphatic heterocycles. The van der Waals surface area contributed by atoms with Crippen molar-refractivity contribution in [1.82, 2.24) is 15.4 Å². The molecule has 2 aromatic heterocycles. The van der Waals surface area contributed by atoms with Crippen molar-refractivity contribution in [2.75, 3.05) is 0 Å². The van der Waals surface area contributed by atoms with Gasteiger partial charge in [0.15, 0.2) is 6.10 Å². The van der Waals surface area contributed by atoms with Crippen LogP contribution in [-0.2, 0) is 4.74 Å². The van der Waals surface area contributed by atoms with E-state index in [0.29, 0.717) is 17.0 Å². The fourth-order valence-electron chi connectivity index (χ4n) is 2.15. The summed E-state index contributed by atoms with van der Waals surface area (Å²) in [6.07, 6.45) is -0.757. The van der Waals surface area contributed by atoms with Gasteiger partial charge < -0.3 is 13.7 Å². The molecule has 0 N–H and O–H groups in total. The van der Waals surface area contributed by atoms with Gasteiger partial charge in [0.1, 0.15) is 17.1 Å². The maximum Gasteiger partial charge on any atom is 0.344 e. The van der Waals surface area contributed by atoms with Crippen molar-refractivity contribution >= 4 is 5.97 Å². The van der Waals surface area contributed by atoms with Gasteiger partial charge in [0, 0.05) is 5.56 Å². The Kier molecular flexibility index (Phi) is 4.11. The molecule has 1 aromatic carbocycles. The van der Waals surface area contributed by atoms with Crippen LogP contribution < -0.4 is 0 Å². The highest BCUT2D eigenvalue weighted by molar-refractivity contribution is 5.91. The smallest absolute Gasteiger partial charge is 0.344 e. The van der Waals surface area contributed by atoms with Gasteiger partial charge in [-0.3, -0.25) is 0 Å². The quantitative estimate of drug-likeness (QED) is 0.677.